The number of methoxy groups -OCH3 is 1. The van der Waals surface area contributed by atoms with Crippen LogP contribution in [0.3, 0.4) is 0 Å². The number of nitrogens with one attached hydrogen (secondary N) is 1. The first-order chi connectivity index (χ1) is 10.2. The molecule has 0 atom stereocenters. The average Bonchev–Trinajstić information content (AvgIpc) is 2.89. The first-order valence-corrected chi connectivity index (χ1v) is 7.40. The lowest BCUT2D eigenvalue weighted by Crippen LogP contribution is -2.07. The summed E-state index contributed by atoms with van der Waals surface area (Å²) in [5.41, 5.74) is 1.03. The van der Waals surface area contributed by atoms with Gasteiger partial charge in [-0.1, -0.05) is 28.0 Å². The quantitative estimate of drug-likeness (QED) is 0.821. The Hall–Kier alpha value is -1.83. The zero-order valence-corrected chi connectivity index (χ0v) is 13.8. The molecule has 0 fully saturated rings. The molecular formula is C13H18BrN5O2. The van der Waals surface area contributed by atoms with Crippen LogP contribution in [0, 0.1) is 0 Å². The van der Waals surface area contributed by atoms with E-state index in [0.717, 1.165) is 22.2 Å². The summed E-state index contributed by atoms with van der Waals surface area (Å²) in [6.45, 7) is 3.29. The molecule has 0 aliphatic heterocycles. The van der Waals surface area contributed by atoms with Gasteiger partial charge in [-0.3, -0.25) is 0 Å². The minimum absolute atomic E-state index is 0.569. The van der Waals surface area contributed by atoms with E-state index in [1.807, 2.05) is 12.1 Å². The molecule has 0 spiro atoms. The molecule has 0 saturated heterocycles. The highest BCUT2D eigenvalue weighted by molar-refractivity contribution is 9.10. The lowest BCUT2D eigenvalue weighted by molar-refractivity contribution is 0.294. The molecule has 0 unspecified atom stereocenters. The van der Waals surface area contributed by atoms with Crippen molar-refractivity contribution in [3.63, 3.8) is 0 Å². The van der Waals surface area contributed by atoms with Crippen molar-refractivity contribution in [3.8, 4) is 11.5 Å². The summed E-state index contributed by atoms with van der Waals surface area (Å²) in [4.78, 5) is 0. The molecule has 2 rings (SSSR count). The predicted octanol–water partition coefficient (Wildman–Crippen LogP) is 2.38. The fourth-order valence-corrected chi connectivity index (χ4v) is 2.21. The Balaban J connectivity index is 2.14. The normalized spacial score (nSPS) is 10.5. The van der Waals surface area contributed by atoms with Crippen LogP contribution in [0.5, 0.6) is 11.5 Å². The minimum atomic E-state index is 0.569. The SMILES string of the molecule is CCCOc1cc(Br)c(CNc2nnnn2C)cc1OC. The third-order valence-electron chi connectivity index (χ3n) is 2.85. The first kappa shape index (κ1) is 15.6. The molecule has 0 radical (unpaired) electrons. The maximum absolute atomic E-state index is 5.67. The highest BCUT2D eigenvalue weighted by Crippen LogP contribution is 2.33. The summed E-state index contributed by atoms with van der Waals surface area (Å²) in [5.74, 6) is 2.04. The Morgan fingerprint density at radius 3 is 2.76 bits per heavy atom. The van der Waals surface area contributed by atoms with Gasteiger partial charge in [-0.2, -0.15) is 0 Å². The Morgan fingerprint density at radius 2 is 2.14 bits per heavy atom. The molecule has 0 saturated carbocycles. The molecule has 1 aromatic heterocycles. The largest absolute Gasteiger partial charge is 0.493 e. The number of ether oxygens (including phenoxy) is 2. The van der Waals surface area contributed by atoms with Gasteiger partial charge < -0.3 is 14.8 Å². The first-order valence-electron chi connectivity index (χ1n) is 6.61. The summed E-state index contributed by atoms with van der Waals surface area (Å²) in [6, 6.07) is 3.85. The summed E-state index contributed by atoms with van der Waals surface area (Å²) >= 11 is 3.55. The van der Waals surface area contributed by atoms with E-state index in [1.54, 1.807) is 18.8 Å². The monoisotopic (exact) mass is 355 g/mol. The number of tetrazole rings is 1. The van der Waals surface area contributed by atoms with Crippen molar-refractivity contribution < 1.29 is 9.47 Å². The lowest BCUT2D eigenvalue weighted by atomic mass is 10.2. The van der Waals surface area contributed by atoms with E-state index in [1.165, 1.54) is 0 Å². The summed E-state index contributed by atoms with van der Waals surface area (Å²) in [7, 11) is 3.41. The molecule has 0 aliphatic rings. The Kier molecular flexibility index (Phi) is 5.38. The van der Waals surface area contributed by atoms with E-state index >= 15 is 0 Å². The van der Waals surface area contributed by atoms with Crippen molar-refractivity contribution in [3.05, 3.63) is 22.2 Å². The smallest absolute Gasteiger partial charge is 0.242 e. The van der Waals surface area contributed by atoms with Gasteiger partial charge in [-0.25, -0.2) is 4.68 Å². The highest BCUT2D eigenvalue weighted by Gasteiger charge is 2.11. The fraction of sp³-hybridized carbons (Fsp3) is 0.462. The number of rotatable bonds is 7. The number of aryl methyl sites for hydroxylation is 1. The fourth-order valence-electron chi connectivity index (χ4n) is 1.75. The zero-order valence-electron chi connectivity index (χ0n) is 12.3. The molecule has 1 heterocycles. The molecular weight excluding hydrogens is 338 g/mol. The Bertz CT molecular complexity index is 602. The molecule has 21 heavy (non-hydrogen) atoms. The Morgan fingerprint density at radius 1 is 1.33 bits per heavy atom. The number of aromatic nitrogens is 4. The lowest BCUT2D eigenvalue weighted by Gasteiger charge is -2.14. The van der Waals surface area contributed by atoms with Gasteiger partial charge in [0.1, 0.15) is 0 Å². The van der Waals surface area contributed by atoms with Crippen LogP contribution in [0.15, 0.2) is 16.6 Å². The second-order valence-electron chi connectivity index (χ2n) is 4.42. The van der Waals surface area contributed by atoms with Crippen LogP contribution in [0.2, 0.25) is 0 Å². The second kappa shape index (κ2) is 7.26. The van der Waals surface area contributed by atoms with Gasteiger partial charge in [0.2, 0.25) is 5.95 Å². The van der Waals surface area contributed by atoms with Crippen molar-refractivity contribution in [2.45, 2.75) is 19.9 Å². The standard InChI is InChI=1S/C13H18BrN5O2/c1-4-5-21-12-7-10(14)9(6-11(12)20-3)8-15-13-16-17-18-19(13)2/h6-7H,4-5,8H2,1-3H3,(H,15,16,18). The predicted molar refractivity (Wildman–Crippen MR) is 82.6 cm³/mol. The van der Waals surface area contributed by atoms with Crippen LogP contribution in [0.4, 0.5) is 5.95 Å². The van der Waals surface area contributed by atoms with Gasteiger partial charge in [0.15, 0.2) is 11.5 Å². The van der Waals surface area contributed by atoms with Crippen LogP contribution in [-0.4, -0.2) is 33.9 Å². The van der Waals surface area contributed by atoms with Crippen LogP contribution in [0.1, 0.15) is 18.9 Å². The van der Waals surface area contributed by atoms with Gasteiger partial charge >= 0.3 is 0 Å². The van der Waals surface area contributed by atoms with Gasteiger partial charge in [0.25, 0.3) is 0 Å². The van der Waals surface area contributed by atoms with Gasteiger partial charge in [-0.15, -0.1) is 0 Å². The molecule has 0 bridgehead atoms. The van der Waals surface area contributed by atoms with E-state index in [2.05, 4.69) is 43.7 Å². The van der Waals surface area contributed by atoms with Gasteiger partial charge in [0, 0.05) is 18.1 Å². The summed E-state index contributed by atoms with van der Waals surface area (Å²) in [6.07, 6.45) is 0.948. The van der Waals surface area contributed by atoms with Gasteiger partial charge in [-0.05, 0) is 34.5 Å². The molecule has 0 amide bonds. The average molecular weight is 356 g/mol. The van der Waals surface area contributed by atoms with E-state index in [0.29, 0.717) is 24.8 Å². The summed E-state index contributed by atoms with van der Waals surface area (Å²) in [5, 5.41) is 14.4. The molecule has 2 aromatic rings. The van der Waals surface area contributed by atoms with Crippen LogP contribution < -0.4 is 14.8 Å². The van der Waals surface area contributed by atoms with Gasteiger partial charge in [0.05, 0.1) is 13.7 Å². The number of anilines is 1. The van der Waals surface area contributed by atoms with Crippen LogP contribution in [-0.2, 0) is 13.6 Å². The molecule has 1 N–H and O–H groups in total. The van der Waals surface area contributed by atoms with E-state index in [4.69, 9.17) is 9.47 Å². The number of halogens is 1. The number of hydrogen-bond acceptors (Lipinski definition) is 6. The summed E-state index contributed by atoms with van der Waals surface area (Å²) < 4.78 is 13.6. The van der Waals surface area contributed by atoms with Crippen molar-refractivity contribution in [2.24, 2.45) is 7.05 Å². The number of hydrogen-bond donors (Lipinski definition) is 1. The van der Waals surface area contributed by atoms with E-state index in [-0.39, 0.29) is 0 Å². The maximum Gasteiger partial charge on any atom is 0.242 e. The van der Waals surface area contributed by atoms with E-state index in [9.17, 15) is 0 Å². The van der Waals surface area contributed by atoms with Crippen LogP contribution >= 0.6 is 15.9 Å². The Labute approximate surface area is 131 Å². The third-order valence-corrected chi connectivity index (χ3v) is 3.59. The van der Waals surface area contributed by atoms with Crippen molar-refractivity contribution in [1.29, 1.82) is 0 Å². The highest BCUT2D eigenvalue weighted by atomic mass is 79.9. The number of benzene rings is 1. The molecule has 114 valence electrons. The van der Waals surface area contributed by atoms with Crippen molar-refractivity contribution in [2.75, 3.05) is 19.0 Å². The maximum atomic E-state index is 5.67. The second-order valence-corrected chi connectivity index (χ2v) is 5.28. The molecule has 0 aliphatic carbocycles. The zero-order chi connectivity index (χ0) is 15.2. The van der Waals surface area contributed by atoms with E-state index < -0.39 is 0 Å². The molecule has 7 nitrogen and oxygen atoms in total. The van der Waals surface area contributed by atoms with Crippen molar-refractivity contribution in [1.82, 2.24) is 20.2 Å². The molecule has 8 heteroatoms. The van der Waals surface area contributed by atoms with Crippen molar-refractivity contribution >= 4 is 21.9 Å². The molecule has 1 aromatic carbocycles. The van der Waals surface area contributed by atoms with Crippen LogP contribution in [0.25, 0.3) is 0 Å². The number of nitrogens with zero attached hydrogens (tertiary/aromatic N) is 4. The topological polar surface area (TPSA) is 74.1 Å². The minimum Gasteiger partial charge on any atom is -0.493 e. The third kappa shape index (κ3) is 3.84.